The molecule has 0 bridgehead atoms. The molecule has 0 spiro atoms. The van der Waals surface area contributed by atoms with Crippen molar-refractivity contribution >= 4 is 6.03 Å². The maximum atomic E-state index is 12.7. The predicted molar refractivity (Wildman–Crippen MR) is 98.3 cm³/mol. The first-order valence-electron chi connectivity index (χ1n) is 8.54. The van der Waals surface area contributed by atoms with Gasteiger partial charge in [0.1, 0.15) is 5.75 Å². The lowest BCUT2D eigenvalue weighted by atomic mass is 10.0. The Balaban J connectivity index is 2.10. The van der Waals surface area contributed by atoms with Crippen molar-refractivity contribution in [2.75, 3.05) is 13.2 Å². The molecule has 0 unspecified atom stereocenters. The SMILES string of the molecule is CC[C@@H](NC(=O)N(CCO)Cc1ccccc1C)c1ccc(O)cc1. The van der Waals surface area contributed by atoms with E-state index in [1.165, 1.54) is 0 Å². The van der Waals surface area contributed by atoms with Gasteiger partial charge in [-0.15, -0.1) is 0 Å². The fourth-order valence-corrected chi connectivity index (χ4v) is 2.73. The maximum Gasteiger partial charge on any atom is 0.318 e. The lowest BCUT2D eigenvalue weighted by Gasteiger charge is -2.26. The number of urea groups is 1. The third-order valence-corrected chi connectivity index (χ3v) is 4.28. The number of phenolic OH excluding ortho intramolecular Hbond substituents is 1. The van der Waals surface area contributed by atoms with Crippen LogP contribution in [0.25, 0.3) is 0 Å². The molecule has 2 rings (SSSR count). The van der Waals surface area contributed by atoms with Gasteiger partial charge < -0.3 is 20.4 Å². The van der Waals surface area contributed by atoms with E-state index < -0.39 is 0 Å². The number of aliphatic hydroxyl groups is 1. The molecule has 134 valence electrons. The largest absolute Gasteiger partial charge is 0.508 e. The lowest BCUT2D eigenvalue weighted by Crippen LogP contribution is -2.42. The van der Waals surface area contributed by atoms with Crippen LogP contribution in [0.4, 0.5) is 4.79 Å². The molecule has 0 aromatic heterocycles. The molecular formula is C20H26N2O3. The Morgan fingerprint density at radius 1 is 1.16 bits per heavy atom. The van der Waals surface area contributed by atoms with Crippen molar-refractivity contribution in [3.63, 3.8) is 0 Å². The summed E-state index contributed by atoms with van der Waals surface area (Å²) in [5.41, 5.74) is 3.11. The lowest BCUT2D eigenvalue weighted by molar-refractivity contribution is 0.170. The smallest absolute Gasteiger partial charge is 0.318 e. The fourth-order valence-electron chi connectivity index (χ4n) is 2.73. The molecule has 2 amide bonds. The van der Waals surface area contributed by atoms with Crippen LogP contribution in [-0.2, 0) is 6.54 Å². The Morgan fingerprint density at radius 2 is 1.84 bits per heavy atom. The molecule has 0 radical (unpaired) electrons. The Labute approximate surface area is 148 Å². The number of nitrogens with one attached hydrogen (secondary N) is 1. The molecular weight excluding hydrogens is 316 g/mol. The second-order valence-corrected chi connectivity index (χ2v) is 6.07. The first-order valence-corrected chi connectivity index (χ1v) is 8.54. The molecule has 3 N–H and O–H groups in total. The molecule has 0 fully saturated rings. The second kappa shape index (κ2) is 9.08. The number of benzene rings is 2. The van der Waals surface area contributed by atoms with E-state index in [1.807, 2.05) is 50.2 Å². The van der Waals surface area contributed by atoms with Gasteiger partial charge in [-0.2, -0.15) is 0 Å². The van der Waals surface area contributed by atoms with Crippen molar-refractivity contribution in [1.29, 1.82) is 0 Å². The molecule has 25 heavy (non-hydrogen) atoms. The molecule has 0 saturated heterocycles. The number of nitrogens with zero attached hydrogens (tertiary/aromatic N) is 1. The van der Waals surface area contributed by atoms with Crippen LogP contribution in [0.5, 0.6) is 5.75 Å². The Kier molecular flexibility index (Phi) is 6.83. The van der Waals surface area contributed by atoms with Crippen LogP contribution >= 0.6 is 0 Å². The number of aliphatic hydroxyl groups excluding tert-OH is 1. The standard InChI is InChI=1S/C20H26N2O3/c1-3-19(16-8-10-18(24)11-9-16)21-20(25)22(12-13-23)14-17-7-5-4-6-15(17)2/h4-11,19,23-24H,3,12-14H2,1-2H3,(H,21,25)/t19-/m1/s1. The van der Waals surface area contributed by atoms with Gasteiger partial charge in [0.25, 0.3) is 0 Å². The molecule has 0 aliphatic heterocycles. The summed E-state index contributed by atoms with van der Waals surface area (Å²) in [7, 11) is 0. The molecule has 0 saturated carbocycles. The first kappa shape index (κ1) is 18.8. The van der Waals surface area contributed by atoms with Gasteiger partial charge in [-0.3, -0.25) is 0 Å². The normalized spacial score (nSPS) is 11.8. The summed E-state index contributed by atoms with van der Waals surface area (Å²) >= 11 is 0. The summed E-state index contributed by atoms with van der Waals surface area (Å²) in [4.78, 5) is 14.3. The number of phenols is 1. The highest BCUT2D eigenvalue weighted by Crippen LogP contribution is 2.20. The molecule has 0 heterocycles. The van der Waals surface area contributed by atoms with E-state index in [4.69, 9.17) is 0 Å². The summed E-state index contributed by atoms with van der Waals surface area (Å²) in [6.07, 6.45) is 0.730. The molecule has 0 aliphatic carbocycles. The van der Waals surface area contributed by atoms with Gasteiger partial charge in [0.05, 0.1) is 12.6 Å². The Hall–Kier alpha value is -2.53. The molecule has 5 nitrogen and oxygen atoms in total. The zero-order chi connectivity index (χ0) is 18.2. The van der Waals surface area contributed by atoms with E-state index in [0.29, 0.717) is 6.54 Å². The van der Waals surface area contributed by atoms with Crippen molar-refractivity contribution in [2.24, 2.45) is 0 Å². The number of hydrogen-bond donors (Lipinski definition) is 3. The Morgan fingerprint density at radius 3 is 2.44 bits per heavy atom. The monoisotopic (exact) mass is 342 g/mol. The van der Waals surface area contributed by atoms with E-state index in [0.717, 1.165) is 23.1 Å². The van der Waals surface area contributed by atoms with E-state index >= 15 is 0 Å². The van der Waals surface area contributed by atoms with E-state index in [1.54, 1.807) is 17.0 Å². The van der Waals surface area contributed by atoms with Gasteiger partial charge in [-0.1, -0.05) is 43.3 Å². The number of rotatable bonds is 7. The molecule has 2 aromatic rings. The maximum absolute atomic E-state index is 12.7. The number of aryl methyl sites for hydroxylation is 1. The van der Waals surface area contributed by atoms with Gasteiger partial charge in [0.15, 0.2) is 0 Å². The summed E-state index contributed by atoms with van der Waals surface area (Å²) in [5, 5.41) is 21.8. The number of carbonyl (C=O) groups is 1. The van der Waals surface area contributed by atoms with Crippen LogP contribution in [0.15, 0.2) is 48.5 Å². The number of amides is 2. The molecule has 0 aliphatic rings. The average molecular weight is 342 g/mol. The van der Waals surface area contributed by atoms with Gasteiger partial charge in [0, 0.05) is 13.1 Å². The van der Waals surface area contributed by atoms with Crippen molar-refractivity contribution < 1.29 is 15.0 Å². The summed E-state index contributed by atoms with van der Waals surface area (Å²) in [6, 6.07) is 14.4. The van der Waals surface area contributed by atoms with Crippen LogP contribution in [0.1, 0.15) is 36.1 Å². The van der Waals surface area contributed by atoms with E-state index in [2.05, 4.69) is 5.32 Å². The topological polar surface area (TPSA) is 72.8 Å². The zero-order valence-electron chi connectivity index (χ0n) is 14.8. The summed E-state index contributed by atoms with van der Waals surface area (Å²) in [5.74, 6) is 0.200. The Bertz CT molecular complexity index is 686. The first-order chi connectivity index (χ1) is 12.0. The minimum Gasteiger partial charge on any atom is -0.508 e. The quantitative estimate of drug-likeness (QED) is 0.722. The summed E-state index contributed by atoms with van der Waals surface area (Å²) in [6.45, 7) is 4.64. The molecule has 1 atom stereocenters. The molecule has 2 aromatic carbocycles. The van der Waals surface area contributed by atoms with Crippen LogP contribution < -0.4 is 5.32 Å². The second-order valence-electron chi connectivity index (χ2n) is 6.07. The highest BCUT2D eigenvalue weighted by atomic mass is 16.3. The van der Waals surface area contributed by atoms with Crippen molar-refractivity contribution in [1.82, 2.24) is 10.2 Å². The van der Waals surface area contributed by atoms with E-state index in [-0.39, 0.29) is 31.0 Å². The predicted octanol–water partition coefficient (Wildman–Crippen LogP) is 3.36. The number of carbonyl (C=O) groups excluding carboxylic acids is 1. The van der Waals surface area contributed by atoms with Crippen LogP contribution in [-0.4, -0.2) is 34.3 Å². The van der Waals surface area contributed by atoms with Gasteiger partial charge >= 0.3 is 6.03 Å². The average Bonchev–Trinajstić information content (AvgIpc) is 2.61. The van der Waals surface area contributed by atoms with Crippen LogP contribution in [0.3, 0.4) is 0 Å². The third kappa shape index (κ3) is 5.22. The van der Waals surface area contributed by atoms with Crippen LogP contribution in [0, 0.1) is 6.92 Å². The van der Waals surface area contributed by atoms with Crippen LogP contribution in [0.2, 0.25) is 0 Å². The highest BCUT2D eigenvalue weighted by molar-refractivity contribution is 5.74. The van der Waals surface area contributed by atoms with E-state index in [9.17, 15) is 15.0 Å². The zero-order valence-corrected chi connectivity index (χ0v) is 14.8. The highest BCUT2D eigenvalue weighted by Gasteiger charge is 2.19. The minimum atomic E-state index is -0.211. The van der Waals surface area contributed by atoms with Crippen molar-refractivity contribution in [3.05, 3.63) is 65.2 Å². The third-order valence-electron chi connectivity index (χ3n) is 4.28. The number of hydrogen-bond acceptors (Lipinski definition) is 3. The fraction of sp³-hybridized carbons (Fsp3) is 0.350. The minimum absolute atomic E-state index is 0.0880. The number of aromatic hydroxyl groups is 1. The van der Waals surface area contributed by atoms with Crippen molar-refractivity contribution in [2.45, 2.75) is 32.9 Å². The van der Waals surface area contributed by atoms with Gasteiger partial charge in [-0.25, -0.2) is 4.79 Å². The van der Waals surface area contributed by atoms with Gasteiger partial charge in [0.2, 0.25) is 0 Å². The van der Waals surface area contributed by atoms with Gasteiger partial charge in [-0.05, 0) is 42.2 Å². The van der Waals surface area contributed by atoms with Crippen molar-refractivity contribution in [3.8, 4) is 5.75 Å². The summed E-state index contributed by atoms with van der Waals surface area (Å²) < 4.78 is 0. The molecule has 5 heteroatoms.